The SMILES string of the molecule is CC12CC3C(C)(C)CCC3(C1)C2. The smallest absolute Gasteiger partial charge is 0.0253 e. The Labute approximate surface area is 75.7 Å². The van der Waals surface area contributed by atoms with Crippen LogP contribution in [0, 0.1) is 22.2 Å². The highest BCUT2D eigenvalue weighted by molar-refractivity contribution is 5.18. The summed E-state index contributed by atoms with van der Waals surface area (Å²) in [4.78, 5) is 0. The highest BCUT2D eigenvalue weighted by Gasteiger charge is 2.68. The third-order valence-electron chi connectivity index (χ3n) is 5.20. The van der Waals surface area contributed by atoms with E-state index >= 15 is 0 Å². The van der Waals surface area contributed by atoms with E-state index in [0.717, 1.165) is 16.7 Å². The van der Waals surface area contributed by atoms with Gasteiger partial charge in [0, 0.05) is 0 Å². The second-order valence-corrected chi connectivity index (χ2v) is 6.77. The molecule has 0 heteroatoms. The first kappa shape index (κ1) is 7.41. The zero-order valence-electron chi connectivity index (χ0n) is 8.61. The Bertz CT molecular complexity index is 230. The van der Waals surface area contributed by atoms with E-state index in [2.05, 4.69) is 20.8 Å². The average molecular weight is 164 g/mol. The van der Waals surface area contributed by atoms with E-state index in [1.165, 1.54) is 6.42 Å². The molecule has 0 aromatic carbocycles. The van der Waals surface area contributed by atoms with Crippen LogP contribution in [0.1, 0.15) is 52.9 Å². The Hall–Kier alpha value is 0. The molecule has 68 valence electrons. The minimum absolute atomic E-state index is 0.675. The maximum absolute atomic E-state index is 2.51. The summed E-state index contributed by atoms with van der Waals surface area (Å²) in [6.45, 7) is 7.50. The standard InChI is InChI=1S/C12H20/c1-10(2)4-5-12-7-11(3,8-12)6-9(10)12/h9H,4-8H2,1-3H3. The Kier molecular flexibility index (Phi) is 1.00. The van der Waals surface area contributed by atoms with Crippen LogP contribution in [0.5, 0.6) is 0 Å². The molecule has 2 bridgehead atoms. The van der Waals surface area contributed by atoms with E-state index in [1.54, 1.807) is 25.7 Å². The molecule has 0 aromatic rings. The van der Waals surface area contributed by atoms with Crippen molar-refractivity contribution in [3.63, 3.8) is 0 Å². The molecule has 4 aliphatic rings. The Morgan fingerprint density at radius 1 is 1.00 bits per heavy atom. The summed E-state index contributed by atoms with van der Waals surface area (Å²) in [5.74, 6) is 1.08. The number of hydrogen-bond donors (Lipinski definition) is 0. The molecular formula is C12H20. The first-order valence-electron chi connectivity index (χ1n) is 5.46. The molecule has 4 saturated carbocycles. The first-order valence-corrected chi connectivity index (χ1v) is 5.46. The minimum atomic E-state index is 0.675. The summed E-state index contributed by atoms with van der Waals surface area (Å²) in [7, 11) is 0. The van der Waals surface area contributed by atoms with Gasteiger partial charge in [0.25, 0.3) is 0 Å². The summed E-state index contributed by atoms with van der Waals surface area (Å²) in [6.07, 6.45) is 7.70. The zero-order chi connectivity index (χ0) is 8.61. The van der Waals surface area contributed by atoms with Crippen molar-refractivity contribution in [2.45, 2.75) is 52.9 Å². The molecule has 4 aliphatic carbocycles. The van der Waals surface area contributed by atoms with Crippen molar-refractivity contribution < 1.29 is 0 Å². The van der Waals surface area contributed by atoms with Gasteiger partial charge < -0.3 is 0 Å². The van der Waals surface area contributed by atoms with Crippen LogP contribution in [0.4, 0.5) is 0 Å². The van der Waals surface area contributed by atoms with Crippen molar-refractivity contribution in [1.82, 2.24) is 0 Å². The molecule has 12 heavy (non-hydrogen) atoms. The molecule has 0 N–H and O–H groups in total. The van der Waals surface area contributed by atoms with E-state index in [0.29, 0.717) is 5.41 Å². The Morgan fingerprint density at radius 2 is 1.67 bits per heavy atom. The molecule has 1 unspecified atom stereocenters. The predicted octanol–water partition coefficient (Wildman–Crippen LogP) is 3.61. The maximum Gasteiger partial charge on any atom is -0.0253 e. The van der Waals surface area contributed by atoms with Gasteiger partial charge in [0.1, 0.15) is 0 Å². The van der Waals surface area contributed by atoms with Crippen LogP contribution in [0.3, 0.4) is 0 Å². The second-order valence-electron chi connectivity index (χ2n) is 6.77. The average Bonchev–Trinajstić information content (AvgIpc) is 2.38. The summed E-state index contributed by atoms with van der Waals surface area (Å²) in [5, 5.41) is 0. The largest absolute Gasteiger partial charge is 0.0596 e. The fraction of sp³-hybridized carbons (Fsp3) is 1.00. The molecule has 0 nitrogen and oxygen atoms in total. The normalized spacial score (nSPS) is 59.8. The predicted molar refractivity (Wildman–Crippen MR) is 50.9 cm³/mol. The second kappa shape index (κ2) is 1.63. The molecule has 0 heterocycles. The molecule has 4 rings (SSSR count). The van der Waals surface area contributed by atoms with Crippen LogP contribution in [0.15, 0.2) is 0 Å². The third-order valence-corrected chi connectivity index (χ3v) is 5.20. The maximum atomic E-state index is 2.51. The van der Waals surface area contributed by atoms with Gasteiger partial charge >= 0.3 is 0 Å². The van der Waals surface area contributed by atoms with Gasteiger partial charge in [0.15, 0.2) is 0 Å². The summed E-state index contributed by atoms with van der Waals surface area (Å²) in [5.41, 5.74) is 2.30. The van der Waals surface area contributed by atoms with E-state index in [1.807, 2.05) is 0 Å². The lowest BCUT2D eigenvalue weighted by Gasteiger charge is -2.45. The third kappa shape index (κ3) is 0.625. The fourth-order valence-corrected chi connectivity index (χ4v) is 4.95. The highest BCUT2D eigenvalue weighted by atomic mass is 14.7. The van der Waals surface area contributed by atoms with Gasteiger partial charge in [0.2, 0.25) is 0 Å². The van der Waals surface area contributed by atoms with Crippen LogP contribution in [-0.2, 0) is 0 Å². The molecule has 0 saturated heterocycles. The van der Waals surface area contributed by atoms with Gasteiger partial charge in [-0.1, -0.05) is 20.8 Å². The van der Waals surface area contributed by atoms with Gasteiger partial charge in [0.05, 0.1) is 0 Å². The van der Waals surface area contributed by atoms with Gasteiger partial charge in [-0.15, -0.1) is 0 Å². The summed E-state index contributed by atoms with van der Waals surface area (Å²) < 4.78 is 0. The van der Waals surface area contributed by atoms with Crippen molar-refractivity contribution in [2.75, 3.05) is 0 Å². The topological polar surface area (TPSA) is 0 Å². The van der Waals surface area contributed by atoms with Crippen LogP contribution < -0.4 is 0 Å². The molecule has 0 aromatic heterocycles. The lowest BCUT2D eigenvalue weighted by atomic mass is 9.60. The van der Waals surface area contributed by atoms with E-state index in [-0.39, 0.29) is 0 Å². The van der Waals surface area contributed by atoms with Crippen LogP contribution in [0.2, 0.25) is 0 Å². The van der Waals surface area contributed by atoms with Gasteiger partial charge in [-0.2, -0.15) is 0 Å². The highest BCUT2D eigenvalue weighted by Crippen LogP contribution is 2.78. The van der Waals surface area contributed by atoms with Crippen molar-refractivity contribution in [3.8, 4) is 0 Å². The Morgan fingerprint density at radius 3 is 2.25 bits per heavy atom. The molecule has 4 fully saturated rings. The summed E-state index contributed by atoms with van der Waals surface area (Å²) >= 11 is 0. The van der Waals surface area contributed by atoms with Gasteiger partial charge in [-0.3, -0.25) is 0 Å². The van der Waals surface area contributed by atoms with Crippen molar-refractivity contribution >= 4 is 0 Å². The van der Waals surface area contributed by atoms with Crippen LogP contribution in [0.25, 0.3) is 0 Å². The van der Waals surface area contributed by atoms with Gasteiger partial charge in [-0.25, -0.2) is 0 Å². The lowest BCUT2D eigenvalue weighted by Crippen LogP contribution is -2.35. The Balaban J connectivity index is 1.99. The minimum Gasteiger partial charge on any atom is -0.0596 e. The summed E-state index contributed by atoms with van der Waals surface area (Å²) in [6, 6.07) is 0. The van der Waals surface area contributed by atoms with Gasteiger partial charge in [-0.05, 0) is 54.3 Å². The molecule has 1 atom stereocenters. The molecular weight excluding hydrogens is 144 g/mol. The van der Waals surface area contributed by atoms with E-state index in [4.69, 9.17) is 0 Å². The quantitative estimate of drug-likeness (QED) is 0.513. The number of hydrogen-bond acceptors (Lipinski definition) is 0. The molecule has 0 amide bonds. The van der Waals surface area contributed by atoms with Crippen molar-refractivity contribution in [1.29, 1.82) is 0 Å². The van der Waals surface area contributed by atoms with Crippen molar-refractivity contribution in [2.24, 2.45) is 22.2 Å². The monoisotopic (exact) mass is 164 g/mol. The van der Waals surface area contributed by atoms with Crippen molar-refractivity contribution in [3.05, 3.63) is 0 Å². The lowest BCUT2D eigenvalue weighted by molar-refractivity contribution is 0.0487. The van der Waals surface area contributed by atoms with E-state index < -0.39 is 0 Å². The van der Waals surface area contributed by atoms with Crippen LogP contribution in [-0.4, -0.2) is 0 Å². The number of rotatable bonds is 0. The first-order chi connectivity index (χ1) is 5.46. The molecule has 1 spiro atoms. The van der Waals surface area contributed by atoms with Crippen LogP contribution >= 0.6 is 0 Å². The zero-order valence-corrected chi connectivity index (χ0v) is 8.61. The van der Waals surface area contributed by atoms with E-state index in [9.17, 15) is 0 Å². The fourth-order valence-electron chi connectivity index (χ4n) is 4.95. The molecule has 0 radical (unpaired) electrons. The molecule has 0 aliphatic heterocycles.